The number of piperidine rings is 1. The van der Waals surface area contributed by atoms with E-state index < -0.39 is 32.0 Å². The molecule has 120 valence electrons. The van der Waals surface area contributed by atoms with Crippen molar-refractivity contribution in [2.45, 2.75) is 44.6 Å². The molecule has 0 spiro atoms. The smallest absolute Gasteiger partial charge is 0.329 e. The van der Waals surface area contributed by atoms with Crippen molar-refractivity contribution in [3.8, 4) is 0 Å². The van der Waals surface area contributed by atoms with Crippen molar-refractivity contribution in [2.24, 2.45) is 5.92 Å². The molecule has 0 aromatic rings. The molecule has 0 aliphatic carbocycles. The second-order valence-corrected chi connectivity index (χ2v) is 12.0. The lowest BCUT2D eigenvalue weighted by Crippen LogP contribution is -2.59. The van der Waals surface area contributed by atoms with Gasteiger partial charge in [-0.1, -0.05) is 19.6 Å². The third-order valence-electron chi connectivity index (χ3n) is 4.22. The molecule has 1 saturated heterocycles. The molecule has 1 amide bonds. The molecule has 1 rings (SSSR count). The first kappa shape index (κ1) is 17.7. The maximum Gasteiger partial charge on any atom is 0.329 e. The topological polar surface area (TPSA) is 72.9 Å². The van der Waals surface area contributed by atoms with E-state index in [1.165, 1.54) is 26.0 Å². The van der Waals surface area contributed by atoms with Gasteiger partial charge in [-0.25, -0.2) is 4.79 Å². The van der Waals surface area contributed by atoms with Crippen LogP contribution in [0.1, 0.15) is 13.3 Å². The van der Waals surface area contributed by atoms with Crippen LogP contribution in [0.5, 0.6) is 0 Å². The third kappa shape index (κ3) is 3.64. The van der Waals surface area contributed by atoms with Crippen molar-refractivity contribution >= 4 is 25.9 Å². The van der Waals surface area contributed by atoms with Crippen molar-refractivity contribution in [3.05, 3.63) is 0 Å². The van der Waals surface area contributed by atoms with Gasteiger partial charge in [-0.3, -0.25) is 9.59 Å². The molecule has 7 heteroatoms. The van der Waals surface area contributed by atoms with E-state index in [-0.39, 0.29) is 11.4 Å². The van der Waals surface area contributed by atoms with Gasteiger partial charge in [0.2, 0.25) is 5.91 Å². The Kier molecular flexibility index (Phi) is 5.55. The SMILES string of the molecule is COC(=O)[C@H]1[C@@H](C(=O)OC)N(C(C)=O)CC[C@@H]1[Si](C)(C)C. The Balaban J connectivity index is 3.30. The van der Waals surface area contributed by atoms with Gasteiger partial charge in [-0.15, -0.1) is 0 Å². The predicted molar refractivity (Wildman–Crippen MR) is 80.4 cm³/mol. The minimum atomic E-state index is -1.71. The van der Waals surface area contributed by atoms with Crippen LogP contribution >= 0.6 is 0 Å². The fraction of sp³-hybridized carbons (Fsp3) is 0.786. The standard InChI is InChI=1S/C14H25NO5Si/c1-9(16)15-8-7-10(21(4,5)6)11(13(17)19-2)12(15)14(18)20-3/h10-12H,7-8H2,1-6H3/t10-,11+,12-/m0/s1. The number of esters is 2. The molecule has 1 heterocycles. The van der Waals surface area contributed by atoms with Gasteiger partial charge >= 0.3 is 11.9 Å². The monoisotopic (exact) mass is 315 g/mol. The zero-order valence-electron chi connectivity index (χ0n) is 13.6. The Hall–Kier alpha value is -1.37. The van der Waals surface area contributed by atoms with Gasteiger partial charge in [0, 0.05) is 21.5 Å². The highest BCUT2D eigenvalue weighted by Crippen LogP contribution is 2.41. The highest BCUT2D eigenvalue weighted by molar-refractivity contribution is 6.77. The number of likely N-dealkylation sites (tertiary alicyclic amines) is 1. The first-order valence-corrected chi connectivity index (χ1v) is 10.7. The second kappa shape index (κ2) is 6.59. The predicted octanol–water partition coefficient (Wildman–Crippen LogP) is 1.28. The average molecular weight is 315 g/mol. The van der Waals surface area contributed by atoms with E-state index in [2.05, 4.69) is 19.6 Å². The number of hydrogen-bond donors (Lipinski definition) is 0. The zero-order valence-corrected chi connectivity index (χ0v) is 14.6. The summed E-state index contributed by atoms with van der Waals surface area (Å²) < 4.78 is 9.74. The Labute approximate surface area is 126 Å². The van der Waals surface area contributed by atoms with Gasteiger partial charge in [0.25, 0.3) is 0 Å². The van der Waals surface area contributed by atoms with Crippen LogP contribution in [-0.2, 0) is 23.9 Å². The number of carbonyl (C=O) groups excluding carboxylic acids is 3. The van der Waals surface area contributed by atoms with Crippen molar-refractivity contribution in [1.29, 1.82) is 0 Å². The van der Waals surface area contributed by atoms with E-state index >= 15 is 0 Å². The van der Waals surface area contributed by atoms with Crippen molar-refractivity contribution in [2.75, 3.05) is 20.8 Å². The Morgan fingerprint density at radius 1 is 1.05 bits per heavy atom. The Morgan fingerprint density at radius 2 is 1.57 bits per heavy atom. The Bertz CT molecular complexity index is 432. The molecule has 0 N–H and O–H groups in total. The average Bonchev–Trinajstić information content (AvgIpc) is 2.42. The summed E-state index contributed by atoms with van der Waals surface area (Å²) in [7, 11) is 0.871. The third-order valence-corrected chi connectivity index (χ3v) is 7.10. The number of methoxy groups -OCH3 is 2. The molecular weight excluding hydrogens is 290 g/mol. The lowest BCUT2D eigenvalue weighted by atomic mass is 9.88. The van der Waals surface area contributed by atoms with E-state index in [4.69, 9.17) is 9.47 Å². The van der Waals surface area contributed by atoms with Crippen molar-refractivity contribution in [3.63, 3.8) is 0 Å². The van der Waals surface area contributed by atoms with E-state index in [1.54, 1.807) is 0 Å². The van der Waals surface area contributed by atoms with Crippen LogP contribution in [0.4, 0.5) is 0 Å². The van der Waals surface area contributed by atoms with E-state index in [9.17, 15) is 14.4 Å². The lowest BCUT2D eigenvalue weighted by Gasteiger charge is -2.46. The fourth-order valence-corrected chi connectivity index (χ4v) is 5.55. The van der Waals surface area contributed by atoms with Gasteiger partial charge in [-0.2, -0.15) is 0 Å². The highest BCUT2D eigenvalue weighted by Gasteiger charge is 2.52. The van der Waals surface area contributed by atoms with Crippen molar-refractivity contribution < 1.29 is 23.9 Å². The van der Waals surface area contributed by atoms with Gasteiger partial charge in [0.15, 0.2) is 0 Å². The summed E-state index contributed by atoms with van der Waals surface area (Å²) in [5.41, 5.74) is 0.0737. The largest absolute Gasteiger partial charge is 0.469 e. The van der Waals surface area contributed by atoms with Crippen LogP contribution in [0.2, 0.25) is 25.2 Å². The normalized spacial score (nSPS) is 26.2. The summed E-state index contributed by atoms with van der Waals surface area (Å²) in [6.45, 7) is 8.35. The quantitative estimate of drug-likeness (QED) is 0.579. The summed E-state index contributed by atoms with van der Waals surface area (Å²) in [5.74, 6) is -1.87. The zero-order chi connectivity index (χ0) is 16.4. The van der Waals surface area contributed by atoms with Crippen LogP contribution in [0.25, 0.3) is 0 Å². The van der Waals surface area contributed by atoms with Gasteiger partial charge in [0.1, 0.15) is 6.04 Å². The summed E-state index contributed by atoms with van der Waals surface area (Å²) in [5, 5.41) is 0. The second-order valence-electron chi connectivity index (χ2n) is 6.49. The van der Waals surface area contributed by atoms with Gasteiger partial charge in [-0.05, 0) is 12.0 Å². The molecule has 1 aliphatic heterocycles. The molecule has 1 fully saturated rings. The number of amides is 1. The molecular formula is C14H25NO5Si. The molecule has 0 saturated carbocycles. The summed E-state index contributed by atoms with van der Waals surface area (Å²) >= 11 is 0. The molecule has 6 nitrogen and oxygen atoms in total. The number of carbonyl (C=O) groups is 3. The molecule has 0 aromatic carbocycles. The van der Waals surface area contributed by atoms with Gasteiger partial charge in [0.05, 0.1) is 20.1 Å². The molecule has 0 unspecified atom stereocenters. The van der Waals surface area contributed by atoms with E-state index in [0.717, 1.165) is 0 Å². The first-order valence-electron chi connectivity index (χ1n) is 7.08. The Morgan fingerprint density at radius 3 is 1.95 bits per heavy atom. The minimum absolute atomic E-state index is 0.0737. The molecule has 0 radical (unpaired) electrons. The molecule has 21 heavy (non-hydrogen) atoms. The molecule has 1 aliphatic rings. The van der Waals surface area contributed by atoms with Crippen LogP contribution in [0, 0.1) is 5.92 Å². The maximum atomic E-state index is 12.3. The highest BCUT2D eigenvalue weighted by atomic mass is 28.3. The first-order chi connectivity index (χ1) is 9.65. The molecule has 0 aromatic heterocycles. The fourth-order valence-electron chi connectivity index (χ4n) is 3.16. The number of nitrogens with zero attached hydrogens (tertiary/aromatic N) is 1. The van der Waals surface area contributed by atoms with E-state index in [0.29, 0.717) is 13.0 Å². The maximum absolute atomic E-state index is 12.3. The molecule has 0 bridgehead atoms. The van der Waals surface area contributed by atoms with Crippen LogP contribution in [0.15, 0.2) is 0 Å². The molecule has 3 atom stereocenters. The van der Waals surface area contributed by atoms with Crippen LogP contribution in [-0.4, -0.2) is 57.6 Å². The van der Waals surface area contributed by atoms with E-state index in [1.807, 2.05) is 0 Å². The summed E-state index contributed by atoms with van der Waals surface area (Å²) in [4.78, 5) is 37.7. The number of ether oxygens (including phenoxy) is 2. The lowest BCUT2D eigenvalue weighted by molar-refractivity contribution is -0.165. The summed E-state index contributed by atoms with van der Waals surface area (Å²) in [6, 6.07) is -0.884. The number of rotatable bonds is 3. The number of hydrogen-bond acceptors (Lipinski definition) is 5. The summed E-state index contributed by atoms with van der Waals surface area (Å²) in [6.07, 6.45) is 0.711. The van der Waals surface area contributed by atoms with Gasteiger partial charge < -0.3 is 14.4 Å². The van der Waals surface area contributed by atoms with Crippen LogP contribution < -0.4 is 0 Å². The van der Waals surface area contributed by atoms with Crippen molar-refractivity contribution in [1.82, 2.24) is 4.90 Å². The van der Waals surface area contributed by atoms with Crippen LogP contribution in [0.3, 0.4) is 0 Å². The minimum Gasteiger partial charge on any atom is -0.469 e.